The van der Waals surface area contributed by atoms with Crippen molar-refractivity contribution in [1.82, 2.24) is 9.78 Å². The zero-order valence-electron chi connectivity index (χ0n) is 13.9. The first kappa shape index (κ1) is 16.8. The second-order valence-electron chi connectivity index (χ2n) is 5.64. The molecule has 3 aromatic rings. The number of rotatable bonds is 4. The zero-order chi connectivity index (χ0) is 18.1. The summed E-state index contributed by atoms with van der Waals surface area (Å²) in [5, 5.41) is 18.0. The standard InChI is InChI=1S/C17H16N4O3S/c1-10-8-16(18-17(22)15-9-11(2)25-12(15)3)20(19-10)13-4-6-14(7-5-13)21(23)24/h4-9H,1-3H3,(H,18,22). The Hall–Kier alpha value is -3.00. The van der Waals surface area contributed by atoms with Crippen LogP contribution in [0.5, 0.6) is 0 Å². The van der Waals surface area contributed by atoms with Crippen molar-refractivity contribution < 1.29 is 9.72 Å². The minimum Gasteiger partial charge on any atom is -0.306 e. The van der Waals surface area contributed by atoms with Gasteiger partial charge in [0.05, 0.1) is 21.9 Å². The number of carbonyl (C=O) groups is 1. The molecule has 0 aliphatic carbocycles. The van der Waals surface area contributed by atoms with E-state index in [0.29, 0.717) is 17.1 Å². The van der Waals surface area contributed by atoms with E-state index in [1.54, 1.807) is 34.2 Å². The van der Waals surface area contributed by atoms with Crippen molar-refractivity contribution in [3.05, 3.63) is 67.5 Å². The lowest BCUT2D eigenvalue weighted by Crippen LogP contribution is -2.15. The maximum atomic E-state index is 12.5. The van der Waals surface area contributed by atoms with E-state index in [-0.39, 0.29) is 11.6 Å². The van der Waals surface area contributed by atoms with Crippen LogP contribution in [0, 0.1) is 30.9 Å². The minimum absolute atomic E-state index is 0.00240. The Bertz CT molecular complexity index is 957. The van der Waals surface area contributed by atoms with Crippen molar-refractivity contribution in [2.24, 2.45) is 0 Å². The van der Waals surface area contributed by atoms with E-state index in [1.165, 1.54) is 12.1 Å². The molecule has 0 saturated heterocycles. The molecule has 0 atom stereocenters. The second kappa shape index (κ2) is 6.48. The summed E-state index contributed by atoms with van der Waals surface area (Å²) in [7, 11) is 0. The summed E-state index contributed by atoms with van der Waals surface area (Å²) in [5.74, 6) is 0.310. The lowest BCUT2D eigenvalue weighted by atomic mass is 10.2. The van der Waals surface area contributed by atoms with Crippen LogP contribution in [0.25, 0.3) is 5.69 Å². The molecule has 8 heteroatoms. The van der Waals surface area contributed by atoms with E-state index >= 15 is 0 Å². The number of carbonyl (C=O) groups excluding carboxylic acids is 1. The molecule has 0 fully saturated rings. The molecule has 128 valence electrons. The maximum absolute atomic E-state index is 12.5. The van der Waals surface area contributed by atoms with Crippen LogP contribution in [0.15, 0.2) is 36.4 Å². The van der Waals surface area contributed by atoms with E-state index < -0.39 is 4.92 Å². The molecule has 0 bridgehead atoms. The molecule has 0 aliphatic heterocycles. The van der Waals surface area contributed by atoms with Crippen LogP contribution in [-0.4, -0.2) is 20.6 Å². The number of nitrogens with zero attached hydrogens (tertiary/aromatic N) is 3. The number of aromatic nitrogens is 2. The fraction of sp³-hybridized carbons (Fsp3) is 0.176. The van der Waals surface area contributed by atoms with Crippen molar-refractivity contribution in [2.75, 3.05) is 5.32 Å². The number of hydrogen-bond acceptors (Lipinski definition) is 5. The van der Waals surface area contributed by atoms with Crippen molar-refractivity contribution in [1.29, 1.82) is 0 Å². The van der Waals surface area contributed by atoms with Crippen LogP contribution in [-0.2, 0) is 0 Å². The Morgan fingerprint density at radius 3 is 2.44 bits per heavy atom. The molecule has 7 nitrogen and oxygen atoms in total. The molecular formula is C17H16N4O3S. The lowest BCUT2D eigenvalue weighted by molar-refractivity contribution is -0.384. The monoisotopic (exact) mass is 356 g/mol. The third kappa shape index (κ3) is 3.43. The molecule has 3 rings (SSSR count). The van der Waals surface area contributed by atoms with Gasteiger partial charge in [-0.2, -0.15) is 5.10 Å². The predicted octanol–water partition coefficient (Wildman–Crippen LogP) is 4.02. The minimum atomic E-state index is -0.456. The highest BCUT2D eigenvalue weighted by Crippen LogP contribution is 2.24. The molecule has 0 aliphatic rings. The van der Waals surface area contributed by atoms with Crippen molar-refractivity contribution >= 4 is 28.7 Å². The average Bonchev–Trinajstić information content (AvgIpc) is 3.09. The molecule has 1 aromatic carbocycles. The van der Waals surface area contributed by atoms with Gasteiger partial charge < -0.3 is 5.32 Å². The Kier molecular flexibility index (Phi) is 4.37. The summed E-state index contributed by atoms with van der Waals surface area (Å²) in [6.45, 7) is 5.68. The SMILES string of the molecule is Cc1cc(NC(=O)c2cc(C)sc2C)n(-c2ccc([N+](=O)[O-])cc2)n1. The summed E-state index contributed by atoms with van der Waals surface area (Å²) in [6, 6.07) is 9.62. The number of aryl methyl sites for hydroxylation is 3. The highest BCUT2D eigenvalue weighted by Gasteiger charge is 2.16. The molecule has 2 heterocycles. The Labute approximate surface area is 148 Å². The number of benzene rings is 1. The van der Waals surface area contributed by atoms with E-state index in [1.807, 2.05) is 26.8 Å². The van der Waals surface area contributed by atoms with Gasteiger partial charge in [-0.15, -0.1) is 11.3 Å². The Morgan fingerprint density at radius 1 is 1.20 bits per heavy atom. The van der Waals surface area contributed by atoms with E-state index in [0.717, 1.165) is 15.4 Å². The highest BCUT2D eigenvalue weighted by molar-refractivity contribution is 7.12. The topological polar surface area (TPSA) is 90.1 Å². The summed E-state index contributed by atoms with van der Waals surface area (Å²) in [5.41, 5.74) is 2.00. The maximum Gasteiger partial charge on any atom is 0.269 e. The largest absolute Gasteiger partial charge is 0.306 e. The van der Waals surface area contributed by atoms with Crippen molar-refractivity contribution in [3.8, 4) is 5.69 Å². The van der Waals surface area contributed by atoms with E-state index in [2.05, 4.69) is 10.4 Å². The number of amides is 1. The third-order valence-corrected chi connectivity index (χ3v) is 4.63. The molecule has 1 amide bonds. The van der Waals surface area contributed by atoms with Crippen LogP contribution in [0.4, 0.5) is 11.5 Å². The molecule has 0 unspecified atom stereocenters. The number of hydrogen-bond donors (Lipinski definition) is 1. The van der Waals surface area contributed by atoms with Crippen LogP contribution in [0.2, 0.25) is 0 Å². The number of nitro benzene ring substituents is 1. The molecule has 0 radical (unpaired) electrons. The van der Waals surface area contributed by atoms with Gasteiger partial charge in [-0.3, -0.25) is 14.9 Å². The third-order valence-electron chi connectivity index (χ3n) is 3.66. The van der Waals surface area contributed by atoms with Crippen molar-refractivity contribution in [2.45, 2.75) is 20.8 Å². The van der Waals surface area contributed by atoms with Crippen LogP contribution in [0.1, 0.15) is 25.8 Å². The normalized spacial score (nSPS) is 10.7. The first-order valence-corrected chi connectivity index (χ1v) is 8.36. The van der Waals surface area contributed by atoms with Gasteiger partial charge in [0.25, 0.3) is 11.6 Å². The number of anilines is 1. The number of non-ortho nitro benzene ring substituents is 1. The molecular weight excluding hydrogens is 340 g/mol. The summed E-state index contributed by atoms with van der Waals surface area (Å²) in [6.07, 6.45) is 0. The fourth-order valence-electron chi connectivity index (χ4n) is 2.54. The Balaban J connectivity index is 1.92. The van der Waals surface area contributed by atoms with Crippen molar-refractivity contribution in [3.63, 3.8) is 0 Å². The second-order valence-corrected chi connectivity index (χ2v) is 7.10. The highest BCUT2D eigenvalue weighted by atomic mass is 32.1. The molecule has 1 N–H and O–H groups in total. The van der Waals surface area contributed by atoms with Gasteiger partial charge in [0.2, 0.25) is 0 Å². The van der Waals surface area contributed by atoms with E-state index in [9.17, 15) is 14.9 Å². The van der Waals surface area contributed by atoms with Crippen LogP contribution in [0.3, 0.4) is 0 Å². The fourth-order valence-corrected chi connectivity index (χ4v) is 3.46. The van der Waals surface area contributed by atoms with Gasteiger partial charge in [0, 0.05) is 28.0 Å². The Morgan fingerprint density at radius 2 is 1.88 bits per heavy atom. The quantitative estimate of drug-likeness (QED) is 0.565. The summed E-state index contributed by atoms with van der Waals surface area (Å²) < 4.78 is 1.56. The summed E-state index contributed by atoms with van der Waals surface area (Å²) in [4.78, 5) is 24.9. The van der Waals surface area contributed by atoms with Gasteiger partial charge in [0.15, 0.2) is 0 Å². The molecule has 2 aromatic heterocycles. The smallest absolute Gasteiger partial charge is 0.269 e. The molecule has 25 heavy (non-hydrogen) atoms. The molecule has 0 spiro atoms. The van der Waals surface area contributed by atoms with Crippen LogP contribution < -0.4 is 5.32 Å². The van der Waals surface area contributed by atoms with Crippen LogP contribution >= 0.6 is 11.3 Å². The van der Waals surface area contributed by atoms with Gasteiger partial charge >= 0.3 is 0 Å². The first-order valence-electron chi connectivity index (χ1n) is 7.55. The first-order chi connectivity index (χ1) is 11.8. The van der Waals surface area contributed by atoms with Gasteiger partial charge in [0.1, 0.15) is 5.82 Å². The lowest BCUT2D eigenvalue weighted by Gasteiger charge is -2.08. The zero-order valence-corrected chi connectivity index (χ0v) is 14.8. The van der Waals surface area contributed by atoms with E-state index in [4.69, 9.17) is 0 Å². The van der Waals surface area contributed by atoms with Gasteiger partial charge in [-0.25, -0.2) is 4.68 Å². The average molecular weight is 356 g/mol. The molecule has 0 saturated carbocycles. The van der Waals surface area contributed by atoms with Gasteiger partial charge in [-0.1, -0.05) is 0 Å². The summed E-state index contributed by atoms with van der Waals surface area (Å²) >= 11 is 1.57. The number of nitro groups is 1. The predicted molar refractivity (Wildman–Crippen MR) is 96.7 cm³/mol. The number of nitrogens with one attached hydrogen (secondary N) is 1. The number of thiophene rings is 1. The van der Waals surface area contributed by atoms with Gasteiger partial charge in [-0.05, 0) is 39.0 Å².